The molecule has 0 saturated heterocycles. The van der Waals surface area contributed by atoms with Gasteiger partial charge in [0.2, 0.25) is 0 Å². The Kier molecular flexibility index (Phi) is 2.76. The van der Waals surface area contributed by atoms with Crippen LogP contribution >= 0.6 is 0 Å². The Balaban J connectivity index is 2.14. The third-order valence-corrected chi connectivity index (χ3v) is 4.48. The molecule has 20 heavy (non-hydrogen) atoms. The number of pyridine rings is 1. The van der Waals surface area contributed by atoms with Crippen LogP contribution in [0, 0.1) is 6.92 Å². The summed E-state index contributed by atoms with van der Waals surface area (Å²) in [7, 11) is 0. The summed E-state index contributed by atoms with van der Waals surface area (Å²) in [6, 6.07) is 0. The van der Waals surface area contributed by atoms with Crippen LogP contribution in [-0.2, 0) is 12.8 Å². The molecular weight excluding hydrogens is 244 g/mol. The van der Waals surface area contributed by atoms with Crippen LogP contribution in [0.5, 0.6) is 0 Å². The third-order valence-electron chi connectivity index (χ3n) is 4.48. The normalized spacial score (nSPS) is 17.6. The maximum Gasteiger partial charge on any atom is 0.145 e. The fourth-order valence-corrected chi connectivity index (χ4v) is 3.58. The fraction of sp³-hybridized carbons (Fsp3) is 0.389. The van der Waals surface area contributed by atoms with Crippen molar-refractivity contribution in [3.8, 4) is 0 Å². The van der Waals surface area contributed by atoms with E-state index < -0.39 is 0 Å². The Morgan fingerprint density at radius 1 is 1.00 bits per heavy atom. The Labute approximate surface area is 119 Å². The summed E-state index contributed by atoms with van der Waals surface area (Å²) in [4.78, 5) is 4.78. The maximum absolute atomic E-state index is 4.78. The highest BCUT2D eigenvalue weighted by atomic mass is 15.0. The number of aromatic nitrogens is 2. The van der Waals surface area contributed by atoms with Crippen molar-refractivity contribution in [3.05, 3.63) is 46.4 Å². The van der Waals surface area contributed by atoms with Crippen LogP contribution in [0.1, 0.15) is 53.8 Å². The molecule has 0 amide bonds. The van der Waals surface area contributed by atoms with Crippen LogP contribution < -0.4 is 0 Å². The Morgan fingerprint density at radius 2 is 1.75 bits per heavy atom. The lowest BCUT2D eigenvalue weighted by molar-refractivity contribution is 0.800. The lowest BCUT2D eigenvalue weighted by Crippen LogP contribution is -2.06. The molecular formula is C18H20N2. The van der Waals surface area contributed by atoms with E-state index in [-0.39, 0.29) is 0 Å². The molecule has 0 spiro atoms. The molecule has 2 heterocycles. The third kappa shape index (κ3) is 1.75. The summed E-state index contributed by atoms with van der Waals surface area (Å²) in [5, 5.41) is 0. The summed E-state index contributed by atoms with van der Waals surface area (Å²) < 4.78 is 2.31. The first-order valence-electron chi connectivity index (χ1n) is 7.71. The second-order valence-electron chi connectivity index (χ2n) is 5.92. The fourth-order valence-electron chi connectivity index (χ4n) is 3.58. The second-order valence-corrected chi connectivity index (χ2v) is 5.92. The summed E-state index contributed by atoms with van der Waals surface area (Å²) in [6.45, 7) is 2.09. The van der Waals surface area contributed by atoms with Crippen LogP contribution in [0.4, 0.5) is 0 Å². The van der Waals surface area contributed by atoms with E-state index in [9.17, 15) is 0 Å². The summed E-state index contributed by atoms with van der Waals surface area (Å²) >= 11 is 0. The predicted molar refractivity (Wildman–Crippen MR) is 83.9 cm³/mol. The van der Waals surface area contributed by atoms with Crippen LogP contribution in [0.25, 0.3) is 17.8 Å². The molecule has 0 bridgehead atoms. The zero-order chi connectivity index (χ0) is 13.5. The van der Waals surface area contributed by atoms with Crippen molar-refractivity contribution in [2.24, 2.45) is 0 Å². The summed E-state index contributed by atoms with van der Waals surface area (Å²) in [6.07, 6.45) is 18.7. The van der Waals surface area contributed by atoms with Gasteiger partial charge in [-0.3, -0.25) is 4.40 Å². The summed E-state index contributed by atoms with van der Waals surface area (Å²) in [5.41, 5.74) is 8.09. The molecule has 2 aromatic heterocycles. The van der Waals surface area contributed by atoms with Crippen molar-refractivity contribution in [2.45, 2.75) is 45.4 Å². The first kappa shape index (κ1) is 12.0. The number of aryl methyl sites for hydroxylation is 1. The van der Waals surface area contributed by atoms with Crippen LogP contribution in [0.15, 0.2) is 18.3 Å². The smallest absolute Gasteiger partial charge is 0.145 e. The van der Waals surface area contributed by atoms with Gasteiger partial charge in [0, 0.05) is 11.8 Å². The first-order valence-corrected chi connectivity index (χ1v) is 7.71. The Hall–Kier alpha value is -1.83. The molecule has 4 rings (SSSR count). The number of rotatable bonds is 0. The molecule has 0 fully saturated rings. The van der Waals surface area contributed by atoms with Crippen molar-refractivity contribution in [3.63, 3.8) is 0 Å². The van der Waals surface area contributed by atoms with Gasteiger partial charge < -0.3 is 0 Å². The van der Waals surface area contributed by atoms with Gasteiger partial charge >= 0.3 is 0 Å². The molecule has 0 atom stereocenters. The van der Waals surface area contributed by atoms with Crippen molar-refractivity contribution in [2.75, 3.05) is 0 Å². The van der Waals surface area contributed by atoms with Crippen molar-refractivity contribution in [1.29, 1.82) is 0 Å². The van der Waals surface area contributed by atoms with Crippen LogP contribution in [0.3, 0.4) is 0 Å². The van der Waals surface area contributed by atoms with Gasteiger partial charge in [0.1, 0.15) is 5.65 Å². The number of fused-ring (bicyclic) bond motifs is 6. The monoisotopic (exact) mass is 264 g/mol. The number of allylic oxidation sites excluding steroid dienone is 2. The average molecular weight is 264 g/mol. The number of nitrogens with zero attached hydrogens (tertiary/aromatic N) is 2. The Bertz CT molecular complexity index is 671. The minimum absolute atomic E-state index is 1.11. The van der Waals surface area contributed by atoms with Gasteiger partial charge in [0.25, 0.3) is 0 Å². The quantitative estimate of drug-likeness (QED) is 0.692. The van der Waals surface area contributed by atoms with Crippen LogP contribution in [0.2, 0.25) is 0 Å². The molecule has 0 saturated carbocycles. The number of imidazole rings is 1. The highest BCUT2D eigenvalue weighted by molar-refractivity contribution is 5.75. The molecule has 2 aromatic rings. The number of hydrogen-bond acceptors (Lipinski definition) is 1. The maximum atomic E-state index is 4.78. The predicted octanol–water partition coefficient (Wildman–Crippen LogP) is 4.34. The lowest BCUT2D eigenvalue weighted by Gasteiger charge is -2.16. The standard InChI is InChI=1S/C18H20N2/c1-13-12-20-17-11-7-3-5-9-15(17)14-8-4-2-6-10-16(14)18(20)19-13/h6-7,10-12H,2-5,8-9H2,1H3. The van der Waals surface area contributed by atoms with E-state index in [0.29, 0.717) is 0 Å². The molecule has 0 radical (unpaired) electrons. The minimum Gasteiger partial charge on any atom is -0.299 e. The van der Waals surface area contributed by atoms with E-state index >= 15 is 0 Å². The van der Waals surface area contributed by atoms with Gasteiger partial charge in [0.05, 0.1) is 11.4 Å². The largest absolute Gasteiger partial charge is 0.299 e. The van der Waals surface area contributed by atoms with Crippen molar-refractivity contribution >= 4 is 17.8 Å². The van der Waals surface area contributed by atoms with Crippen molar-refractivity contribution in [1.82, 2.24) is 9.38 Å². The van der Waals surface area contributed by atoms with Gasteiger partial charge in [-0.2, -0.15) is 0 Å². The highest BCUT2D eigenvalue weighted by Crippen LogP contribution is 2.32. The van der Waals surface area contributed by atoms with Crippen molar-refractivity contribution < 1.29 is 0 Å². The van der Waals surface area contributed by atoms with Crippen LogP contribution in [-0.4, -0.2) is 9.38 Å². The zero-order valence-corrected chi connectivity index (χ0v) is 12.0. The molecule has 0 unspecified atom stereocenters. The Morgan fingerprint density at radius 3 is 2.60 bits per heavy atom. The van der Waals surface area contributed by atoms with E-state index in [1.165, 1.54) is 49.8 Å². The molecule has 2 nitrogen and oxygen atoms in total. The van der Waals surface area contributed by atoms with Gasteiger partial charge in [0.15, 0.2) is 0 Å². The van der Waals surface area contributed by atoms with Gasteiger partial charge in [-0.05, 0) is 62.7 Å². The molecule has 0 aliphatic heterocycles. The molecule has 2 heteroatoms. The zero-order valence-electron chi connectivity index (χ0n) is 12.0. The highest BCUT2D eigenvalue weighted by Gasteiger charge is 2.19. The van der Waals surface area contributed by atoms with E-state index in [1.54, 1.807) is 11.1 Å². The van der Waals surface area contributed by atoms with Gasteiger partial charge in [-0.1, -0.05) is 18.2 Å². The molecule has 0 aromatic carbocycles. The molecule has 2 aliphatic rings. The molecule has 0 N–H and O–H groups in total. The SMILES string of the molecule is Cc1cn2c3c(c4c(c2n1)C=CCCC4)CCCC=C3. The number of hydrogen-bond donors (Lipinski definition) is 0. The van der Waals surface area contributed by atoms with E-state index in [2.05, 4.69) is 41.8 Å². The van der Waals surface area contributed by atoms with Gasteiger partial charge in [-0.15, -0.1) is 0 Å². The minimum atomic E-state index is 1.11. The lowest BCUT2D eigenvalue weighted by atomic mass is 9.94. The second kappa shape index (κ2) is 4.62. The van der Waals surface area contributed by atoms with Gasteiger partial charge in [-0.25, -0.2) is 4.98 Å². The first-order chi connectivity index (χ1) is 9.84. The van der Waals surface area contributed by atoms with E-state index in [1.807, 2.05) is 0 Å². The van der Waals surface area contributed by atoms with E-state index in [0.717, 1.165) is 11.3 Å². The molecule has 102 valence electrons. The topological polar surface area (TPSA) is 17.3 Å². The molecule has 2 aliphatic carbocycles. The average Bonchev–Trinajstić information content (AvgIpc) is 2.66. The summed E-state index contributed by atoms with van der Waals surface area (Å²) in [5.74, 6) is 0. The van der Waals surface area contributed by atoms with E-state index in [4.69, 9.17) is 4.98 Å².